The molecular weight excluding hydrogens is 1980 g/mol. The molecule has 5 radical (unpaired) electrons. The van der Waals surface area contributed by atoms with Gasteiger partial charge in [0.1, 0.15) is 56.1 Å². The normalized spacial score (nSPS) is 22.3. The van der Waals surface area contributed by atoms with E-state index in [-0.39, 0.29) is 247 Å². The third kappa shape index (κ3) is 47.3. The molecule has 5 amide bonds. The molecule has 0 aromatic heterocycles. The maximum Gasteiger partial charge on any atom is 0.537 e. The van der Waals surface area contributed by atoms with Crippen LogP contribution in [0.2, 0.25) is 0 Å². The molecule has 6 rings (SSSR count). The number of carbonyl (C=O) groups is 22. The fraction of sp³-hybridized carbons (Fsp3) is 0.703. The summed E-state index contributed by atoms with van der Waals surface area (Å²) in [5.74, 6) is -14.7. The minimum absolute atomic E-state index is 0. The minimum Gasteiger partial charge on any atom is -0.481 e. The second-order valence-electron chi connectivity index (χ2n) is 28.5. The molecule has 1 aliphatic heterocycles. The van der Waals surface area contributed by atoms with Gasteiger partial charge in [-0.15, -0.1) is 0 Å². The molecule has 0 spiro atoms. The first-order valence-electron chi connectivity index (χ1n) is 39.5. The zero-order chi connectivity index (χ0) is 97.4. The number of amides is 5. The average molecular weight is 2100 g/mol. The van der Waals surface area contributed by atoms with Gasteiger partial charge in [0.25, 0.3) is 11.8 Å². The molecule has 5 saturated carbocycles. The standard InChI is InChI=1S/C14H20N2O8.C14H29NO8P2.C12H13NO9.C11H16N2O5.3C6H12N2O2.C5H8O2.5V/c1-7(23-11(19)3-8(5-17)6-18)24-14(22)16(2)12-9(13(20)21)4-10(12)15;1-6-20-24(18,21-7-2)14(15-13(17)11-10-12(5)16)25(19,22-8-3)23-9-4;1-7(20-11(18)4-8(5-14)6-15)21-12(19)22-13-9(16)2-3-10(13)17;1-13(9(16)2-6(4-14)5-15)10-7(11(17)18)3-8(10)12;3*1-8-5-3(6(9)10)2-4(5)7;1-2-5(3-6)4-7;;;;;/h5-10,12H,3-4,15H2,1-2H3,(H,20,21);14H,6-11H2,1-5H3,(H,15,17);5-8H,2-4H2,1H3;4-8,10H,2-3,12H2,1H3,(H,17,18);3*3-5,8H,2,7H2,1H3,(H,9,10);3-5H,2H2,1H3;;;;;. The first-order chi connectivity index (χ1) is 59.0. The van der Waals surface area contributed by atoms with E-state index in [0.29, 0.717) is 69.8 Å². The van der Waals surface area contributed by atoms with E-state index in [1.807, 2.05) is 0 Å². The molecule has 17 atom stereocenters. The molecule has 50 nitrogen and oxygen atoms in total. The minimum atomic E-state index is -4.04. The number of hydrogen-bond donors (Lipinski definition) is 14. The maximum atomic E-state index is 13.1. The maximum absolute atomic E-state index is 13.1. The Kier molecular flexibility index (Phi) is 74.6. The number of Topliss-reactive ketones (excluding diaryl/α,β-unsaturated/α-hetero) is 1. The van der Waals surface area contributed by atoms with Gasteiger partial charge in [-0.25, -0.2) is 9.59 Å². The van der Waals surface area contributed by atoms with Crippen molar-refractivity contribution in [3.05, 3.63) is 0 Å². The molecule has 0 aromatic carbocycles. The summed E-state index contributed by atoms with van der Waals surface area (Å²) in [6.07, 6.45) is -0.221. The van der Waals surface area contributed by atoms with Crippen molar-refractivity contribution < 1.29 is 275 Å². The predicted molar refractivity (Wildman–Crippen MR) is 432 cm³/mol. The van der Waals surface area contributed by atoms with Gasteiger partial charge in [0, 0.05) is 201 Å². The van der Waals surface area contributed by atoms with Crippen LogP contribution in [0.1, 0.15) is 139 Å². The zero-order valence-electron chi connectivity index (χ0n) is 74.4. The Morgan fingerprint density at radius 3 is 0.977 bits per heavy atom. The number of nitrogens with one attached hydrogen (secondary N) is 4. The van der Waals surface area contributed by atoms with Gasteiger partial charge >= 0.3 is 69.2 Å². The van der Waals surface area contributed by atoms with Crippen LogP contribution in [0.25, 0.3) is 0 Å². The van der Waals surface area contributed by atoms with Crippen molar-refractivity contribution >= 4 is 149 Å². The monoisotopic (exact) mass is 2100 g/mol. The summed E-state index contributed by atoms with van der Waals surface area (Å²) in [6, 6.07) is -2.19. The number of rotatable bonds is 44. The first kappa shape index (κ1) is 137. The van der Waals surface area contributed by atoms with Crippen molar-refractivity contribution in [1.82, 2.24) is 36.1 Å². The van der Waals surface area contributed by atoms with Crippen molar-refractivity contribution in [2.75, 3.05) is 61.7 Å². The van der Waals surface area contributed by atoms with Crippen LogP contribution in [-0.4, -0.2) is 314 Å². The Labute approximate surface area is 815 Å². The third-order valence-electron chi connectivity index (χ3n) is 19.4. The number of carboxylic acid groups (broad SMARTS) is 5. The number of hydrogen-bond acceptors (Lipinski definition) is 41. The van der Waals surface area contributed by atoms with Gasteiger partial charge in [-0.2, -0.15) is 0 Å². The van der Waals surface area contributed by atoms with Crippen molar-refractivity contribution in [2.45, 2.75) is 217 Å². The van der Waals surface area contributed by atoms with Gasteiger partial charge in [-0.05, 0) is 94.3 Å². The average Bonchev–Trinajstić information content (AvgIpc) is 1.05. The SMILES string of the molecule is CC(OC(=O)CC(C=O)C=O)OC(=O)N(C)C1C(N)CC1C(=O)O.CC(OC(=O)CC(C=O)C=O)OC(=O)ON1C(=O)CCC1=O.CCC(C=O)C=O.CCOP(=O)(OCC)C(NC(=O)CCC(C)=O)P(=O)(OCC)OCC.CN(C(=O)CC(C=O)C=O)C1C(N)CC1C(=O)O.CNC1C(N)CC1C(=O)O.CNC1C(N)CC1C(=O)O.CNC1C(N)CC1C(=O)O.[V].[V].[V].[V].[V]. The summed E-state index contributed by atoms with van der Waals surface area (Å²) >= 11 is 0. The molecule has 1 saturated heterocycles. The summed E-state index contributed by atoms with van der Waals surface area (Å²) in [5, 5.41) is 54.9. The van der Waals surface area contributed by atoms with Crippen molar-refractivity contribution in [2.24, 2.45) is 81.9 Å². The summed E-state index contributed by atoms with van der Waals surface area (Å²) in [7, 11) is -0.0984. The fourth-order valence-corrected chi connectivity index (χ4v) is 17.1. The van der Waals surface area contributed by atoms with E-state index in [1.165, 1.54) is 39.8 Å². The second kappa shape index (κ2) is 71.4. The molecule has 741 valence electrons. The Morgan fingerprint density at radius 2 is 0.733 bits per heavy atom. The number of esters is 2. The molecule has 1 heterocycles. The van der Waals surface area contributed by atoms with Crippen LogP contribution in [0.5, 0.6) is 0 Å². The van der Waals surface area contributed by atoms with Crippen LogP contribution in [0.4, 0.5) is 9.59 Å². The number of nitrogens with zero attached hydrogens (tertiary/aromatic N) is 3. The quantitative estimate of drug-likeness (QED) is 0.00783. The molecule has 6 fully saturated rings. The number of carboxylic acids is 5. The third-order valence-corrected chi connectivity index (χ3v) is 25.0. The van der Waals surface area contributed by atoms with E-state index in [9.17, 15) is 115 Å². The topological polar surface area (TPSA) is 782 Å². The van der Waals surface area contributed by atoms with Gasteiger partial charge in [0.05, 0.1) is 105 Å². The Morgan fingerprint density at radius 1 is 0.443 bits per heavy atom. The van der Waals surface area contributed by atoms with E-state index >= 15 is 0 Å². The Hall–Kier alpha value is -7.16. The van der Waals surface area contributed by atoms with Gasteiger partial charge in [-0.1, -0.05) is 12.0 Å². The number of imide groups is 1. The van der Waals surface area contributed by atoms with Crippen molar-refractivity contribution in [1.29, 1.82) is 0 Å². The Bertz CT molecular complexity index is 3610. The van der Waals surface area contributed by atoms with Crippen LogP contribution >= 0.6 is 15.2 Å². The van der Waals surface area contributed by atoms with Gasteiger partial charge in [0.15, 0.2) is 0 Å². The number of ether oxygens (including phenoxy) is 4. The van der Waals surface area contributed by atoms with E-state index < -0.39 is 172 Å². The molecule has 5 aliphatic carbocycles. The molecule has 0 bridgehead atoms. The van der Waals surface area contributed by atoms with Crippen LogP contribution < -0.4 is 49.9 Å². The van der Waals surface area contributed by atoms with E-state index in [1.54, 1.807) is 55.8 Å². The number of hydroxylamine groups is 2. The number of ketones is 1. The molecular formula is C74H122N12O38P2V5. The van der Waals surface area contributed by atoms with E-state index in [0.717, 1.165) is 4.90 Å². The zero-order valence-corrected chi connectivity index (χ0v) is 83.2. The smallest absolute Gasteiger partial charge is 0.481 e. The number of nitrogens with two attached hydrogens (primary N) is 5. The van der Waals surface area contributed by atoms with Crippen LogP contribution in [0, 0.1) is 53.3 Å². The number of aliphatic carboxylic acids is 5. The largest absolute Gasteiger partial charge is 0.537 e. The number of likely N-dealkylation sites (N-methyl/N-ethyl adjacent to an activating group) is 5. The Balaban J connectivity index is -0.000000275. The van der Waals surface area contributed by atoms with Crippen LogP contribution in [0.3, 0.4) is 0 Å². The van der Waals surface area contributed by atoms with E-state index in [4.69, 9.17) is 81.8 Å². The molecule has 0 aromatic rings. The number of aldehydes is 8. The summed E-state index contributed by atoms with van der Waals surface area (Å²) in [5.41, 5.74) is 26.4. The van der Waals surface area contributed by atoms with Crippen molar-refractivity contribution in [3.63, 3.8) is 0 Å². The second-order valence-corrected chi connectivity index (χ2v) is 33.1. The van der Waals surface area contributed by atoms with Crippen molar-refractivity contribution in [3.8, 4) is 0 Å². The number of carbonyl (C=O) groups excluding carboxylic acids is 17. The van der Waals surface area contributed by atoms with Crippen LogP contribution in [0.15, 0.2) is 0 Å². The molecule has 57 heteroatoms. The summed E-state index contributed by atoms with van der Waals surface area (Å²) < 4.78 is 65.9. The molecule has 6 aliphatic rings. The molecule has 19 N–H and O–H groups in total. The van der Waals surface area contributed by atoms with Gasteiger partial charge in [-0.3, -0.25) is 66.7 Å². The first-order valence-corrected chi connectivity index (χ1v) is 42.7. The van der Waals surface area contributed by atoms with Crippen LogP contribution in [-0.2, 0) is 240 Å². The summed E-state index contributed by atoms with van der Waals surface area (Å²) in [6.45, 7) is 12.0. The predicted octanol–water partition coefficient (Wildman–Crippen LogP) is -2.00. The van der Waals surface area contributed by atoms with Gasteiger partial charge in [0.2, 0.25) is 29.9 Å². The summed E-state index contributed by atoms with van der Waals surface area (Å²) in [4.78, 5) is 245. The van der Waals surface area contributed by atoms with Gasteiger partial charge < -0.3 is 165 Å². The molecule has 17 unspecified atom stereocenters. The fourth-order valence-electron chi connectivity index (χ4n) is 12.2. The van der Waals surface area contributed by atoms with E-state index in [2.05, 4.69) is 35.6 Å². The molecule has 131 heavy (non-hydrogen) atoms.